The van der Waals surface area contributed by atoms with Gasteiger partial charge in [0.2, 0.25) is 5.91 Å². The number of carbonyl (C=O) groups excluding carboxylic acids is 1. The SMILES string of the molecule is O=C(CCSc1nc2scc(-c3ccco3)c2c(=O)n1-c1ccccc1)Nc1ccc(-c2nc3ccccc3s2)cc1. The Kier molecular flexibility index (Phi) is 7.16. The van der Waals surface area contributed by atoms with Gasteiger partial charge in [0.25, 0.3) is 5.56 Å². The van der Waals surface area contributed by atoms with Crippen molar-refractivity contribution in [3.8, 4) is 27.6 Å². The molecule has 0 spiro atoms. The minimum absolute atomic E-state index is 0.110. The molecular formula is C32H22N4O3S3. The zero-order valence-corrected chi connectivity index (χ0v) is 24.5. The maximum atomic E-state index is 13.8. The van der Waals surface area contributed by atoms with Crippen LogP contribution in [-0.2, 0) is 4.79 Å². The average Bonchev–Trinajstić information content (AvgIpc) is 3.78. The molecule has 0 aliphatic carbocycles. The van der Waals surface area contributed by atoms with E-state index in [9.17, 15) is 9.59 Å². The number of nitrogens with zero attached hydrogens (tertiary/aromatic N) is 3. The normalized spacial score (nSPS) is 11.3. The molecule has 7 rings (SSSR count). The highest BCUT2D eigenvalue weighted by Gasteiger charge is 2.20. The molecule has 42 heavy (non-hydrogen) atoms. The van der Waals surface area contributed by atoms with Crippen molar-refractivity contribution in [3.05, 3.63) is 113 Å². The highest BCUT2D eigenvalue weighted by Crippen LogP contribution is 2.34. The third-order valence-corrected chi connectivity index (χ3v) is 9.55. The average molecular weight is 607 g/mol. The molecule has 1 N–H and O–H groups in total. The van der Waals surface area contributed by atoms with Crippen molar-refractivity contribution < 1.29 is 9.21 Å². The van der Waals surface area contributed by atoms with Gasteiger partial charge in [0.05, 0.1) is 27.6 Å². The number of benzene rings is 3. The molecule has 206 valence electrons. The number of amides is 1. The van der Waals surface area contributed by atoms with E-state index in [-0.39, 0.29) is 17.9 Å². The summed E-state index contributed by atoms with van der Waals surface area (Å²) in [4.78, 5) is 36.8. The standard InChI is InChI=1S/C32H22N4O3S3/c37-27(33-21-14-12-20(13-15-21)29-34-24-9-4-5-11-26(24)42-29)16-18-40-32-35-30-28(23(19-41-30)25-10-6-17-39-25)31(38)36(32)22-7-2-1-3-8-22/h1-15,17,19H,16,18H2,(H,33,37). The zero-order valence-electron chi connectivity index (χ0n) is 22.0. The Balaban J connectivity index is 1.07. The third-order valence-electron chi connectivity index (χ3n) is 6.65. The summed E-state index contributed by atoms with van der Waals surface area (Å²) in [6, 6.07) is 28.9. The maximum absolute atomic E-state index is 13.8. The number of para-hydroxylation sites is 2. The lowest BCUT2D eigenvalue weighted by atomic mass is 10.2. The summed E-state index contributed by atoms with van der Waals surface area (Å²) in [6.07, 6.45) is 1.85. The molecule has 7 aromatic rings. The molecule has 10 heteroatoms. The van der Waals surface area contributed by atoms with E-state index < -0.39 is 0 Å². The predicted octanol–water partition coefficient (Wildman–Crippen LogP) is 8.10. The van der Waals surface area contributed by atoms with Crippen molar-refractivity contribution in [3.63, 3.8) is 0 Å². The van der Waals surface area contributed by atoms with Crippen LogP contribution >= 0.6 is 34.4 Å². The fraction of sp³-hybridized carbons (Fsp3) is 0.0625. The Morgan fingerprint density at radius 2 is 1.74 bits per heavy atom. The minimum atomic E-state index is -0.168. The van der Waals surface area contributed by atoms with Gasteiger partial charge in [-0.2, -0.15) is 0 Å². The molecule has 0 aliphatic heterocycles. The van der Waals surface area contributed by atoms with Gasteiger partial charge in [-0.15, -0.1) is 22.7 Å². The molecule has 1 amide bonds. The van der Waals surface area contributed by atoms with Crippen LogP contribution in [0.4, 0.5) is 5.69 Å². The largest absolute Gasteiger partial charge is 0.464 e. The summed E-state index contributed by atoms with van der Waals surface area (Å²) >= 11 is 4.44. The minimum Gasteiger partial charge on any atom is -0.464 e. The first-order valence-corrected chi connectivity index (χ1v) is 15.8. The van der Waals surface area contributed by atoms with Gasteiger partial charge in [0, 0.05) is 34.4 Å². The van der Waals surface area contributed by atoms with E-state index in [4.69, 9.17) is 14.4 Å². The topological polar surface area (TPSA) is 90.0 Å². The first-order valence-electron chi connectivity index (χ1n) is 13.2. The lowest BCUT2D eigenvalue weighted by Crippen LogP contribution is -2.21. The number of thiazole rings is 1. The van der Waals surface area contributed by atoms with Crippen molar-refractivity contribution in [2.45, 2.75) is 11.6 Å². The molecule has 0 fully saturated rings. The van der Waals surface area contributed by atoms with Gasteiger partial charge in [-0.3, -0.25) is 14.2 Å². The fourth-order valence-corrected chi connectivity index (χ4v) is 7.53. The number of furan rings is 1. The number of rotatable bonds is 8. The number of hydrogen-bond acceptors (Lipinski definition) is 8. The second-order valence-corrected chi connectivity index (χ2v) is 12.3. The van der Waals surface area contributed by atoms with Crippen molar-refractivity contribution in [1.29, 1.82) is 0 Å². The van der Waals surface area contributed by atoms with E-state index in [1.54, 1.807) is 28.2 Å². The number of aromatic nitrogens is 3. The van der Waals surface area contributed by atoms with Gasteiger partial charge < -0.3 is 9.73 Å². The summed E-state index contributed by atoms with van der Waals surface area (Å²) in [5.74, 6) is 0.975. The zero-order chi connectivity index (χ0) is 28.5. The van der Waals surface area contributed by atoms with E-state index in [1.807, 2.05) is 84.2 Å². The van der Waals surface area contributed by atoms with E-state index in [1.165, 1.54) is 23.1 Å². The fourth-order valence-electron chi connectivity index (χ4n) is 4.64. The van der Waals surface area contributed by atoms with Gasteiger partial charge >= 0.3 is 0 Å². The van der Waals surface area contributed by atoms with Crippen LogP contribution < -0.4 is 10.9 Å². The number of carbonyl (C=O) groups is 1. The number of thioether (sulfide) groups is 1. The Hall–Kier alpha value is -4.51. The van der Waals surface area contributed by atoms with Crippen LogP contribution in [0.25, 0.3) is 48.0 Å². The van der Waals surface area contributed by atoms with Crippen molar-refractivity contribution in [2.24, 2.45) is 0 Å². The molecule has 7 nitrogen and oxygen atoms in total. The van der Waals surface area contributed by atoms with E-state index >= 15 is 0 Å². The molecular weight excluding hydrogens is 585 g/mol. The number of nitrogens with one attached hydrogen (secondary N) is 1. The van der Waals surface area contributed by atoms with E-state index in [0.717, 1.165) is 32.0 Å². The smallest absolute Gasteiger partial charge is 0.268 e. The second kappa shape index (κ2) is 11.4. The Labute approximate surface area is 252 Å². The van der Waals surface area contributed by atoms with Crippen LogP contribution in [0.3, 0.4) is 0 Å². The molecule has 0 saturated heterocycles. The summed E-state index contributed by atoms with van der Waals surface area (Å²) in [5, 5.41) is 6.88. The summed E-state index contributed by atoms with van der Waals surface area (Å²) < 4.78 is 8.34. The first-order chi connectivity index (χ1) is 20.6. The van der Waals surface area contributed by atoms with Gasteiger partial charge in [-0.25, -0.2) is 9.97 Å². The Morgan fingerprint density at radius 3 is 2.52 bits per heavy atom. The molecule has 3 aromatic carbocycles. The number of anilines is 1. The molecule has 0 bridgehead atoms. The Bertz CT molecular complexity index is 2050. The molecule has 0 saturated carbocycles. The summed E-state index contributed by atoms with van der Waals surface area (Å²) in [5.41, 5.74) is 3.99. The maximum Gasteiger partial charge on any atom is 0.268 e. The monoisotopic (exact) mass is 606 g/mol. The lowest BCUT2D eigenvalue weighted by Gasteiger charge is -2.12. The van der Waals surface area contributed by atoms with Crippen LogP contribution in [0.2, 0.25) is 0 Å². The van der Waals surface area contributed by atoms with Crippen LogP contribution in [0, 0.1) is 0 Å². The van der Waals surface area contributed by atoms with Crippen LogP contribution in [0.1, 0.15) is 6.42 Å². The van der Waals surface area contributed by atoms with E-state index in [2.05, 4.69) is 11.4 Å². The van der Waals surface area contributed by atoms with Gasteiger partial charge in [-0.05, 0) is 60.7 Å². The second-order valence-electron chi connectivity index (χ2n) is 9.39. The molecule has 0 atom stereocenters. The molecule has 4 aromatic heterocycles. The van der Waals surface area contributed by atoms with Crippen molar-refractivity contribution in [2.75, 3.05) is 11.1 Å². The summed E-state index contributed by atoms with van der Waals surface area (Å²) in [7, 11) is 0. The van der Waals surface area contributed by atoms with Crippen molar-refractivity contribution >= 4 is 66.5 Å². The number of fused-ring (bicyclic) bond motifs is 2. The van der Waals surface area contributed by atoms with E-state index in [0.29, 0.717) is 32.6 Å². The third kappa shape index (κ3) is 5.16. The quantitative estimate of drug-likeness (QED) is 0.139. The van der Waals surface area contributed by atoms with Gasteiger partial charge in [-0.1, -0.05) is 42.1 Å². The van der Waals surface area contributed by atoms with Crippen LogP contribution in [-0.4, -0.2) is 26.2 Å². The van der Waals surface area contributed by atoms with Crippen LogP contribution in [0.15, 0.2) is 117 Å². The molecule has 0 aliphatic rings. The number of hydrogen-bond donors (Lipinski definition) is 1. The highest BCUT2D eigenvalue weighted by atomic mass is 32.2. The Morgan fingerprint density at radius 1 is 0.929 bits per heavy atom. The number of thiophene rings is 1. The first kappa shape index (κ1) is 26.4. The molecule has 4 heterocycles. The van der Waals surface area contributed by atoms with Gasteiger partial charge in [0.15, 0.2) is 5.16 Å². The van der Waals surface area contributed by atoms with Gasteiger partial charge in [0.1, 0.15) is 15.6 Å². The lowest BCUT2D eigenvalue weighted by molar-refractivity contribution is -0.115. The molecule has 0 unspecified atom stereocenters. The highest BCUT2D eigenvalue weighted by molar-refractivity contribution is 7.99. The predicted molar refractivity (Wildman–Crippen MR) is 172 cm³/mol. The summed E-state index contributed by atoms with van der Waals surface area (Å²) in [6.45, 7) is 0. The van der Waals surface area contributed by atoms with Crippen LogP contribution in [0.5, 0.6) is 0 Å². The molecule has 0 radical (unpaired) electrons. The van der Waals surface area contributed by atoms with Crippen molar-refractivity contribution in [1.82, 2.24) is 14.5 Å².